The predicted molar refractivity (Wildman–Crippen MR) is 78.3 cm³/mol. The second-order valence-electron chi connectivity index (χ2n) is 5.22. The van der Waals surface area contributed by atoms with Crippen LogP contribution in [0.3, 0.4) is 0 Å². The molecule has 1 fully saturated rings. The van der Waals surface area contributed by atoms with Crippen LogP contribution in [0.25, 0.3) is 0 Å². The molecule has 2 aromatic heterocycles. The highest BCUT2D eigenvalue weighted by Gasteiger charge is 2.22. The molecule has 100 valence electrons. The van der Waals surface area contributed by atoms with Gasteiger partial charge in [0, 0.05) is 47.4 Å². The van der Waals surface area contributed by atoms with Crippen LogP contribution in [0.4, 0.5) is 0 Å². The average Bonchev–Trinajstić information content (AvgIpc) is 2.85. The number of aromatic nitrogens is 2. The van der Waals surface area contributed by atoms with Crippen molar-refractivity contribution in [2.45, 2.75) is 32.2 Å². The summed E-state index contributed by atoms with van der Waals surface area (Å²) in [5.74, 6) is 0.545. The maximum atomic E-state index is 4.46. The summed E-state index contributed by atoms with van der Waals surface area (Å²) in [4.78, 5) is 14.1. The first-order chi connectivity index (χ1) is 9.31. The molecule has 4 heteroatoms. The lowest BCUT2D eigenvalue weighted by Gasteiger charge is -2.31. The number of nitrogens with zero attached hydrogens (tertiary/aromatic N) is 3. The fourth-order valence-electron chi connectivity index (χ4n) is 2.75. The van der Waals surface area contributed by atoms with Crippen LogP contribution in [0.5, 0.6) is 0 Å². The van der Waals surface area contributed by atoms with Crippen molar-refractivity contribution in [3.05, 3.63) is 46.2 Å². The van der Waals surface area contributed by atoms with E-state index in [2.05, 4.69) is 33.9 Å². The van der Waals surface area contributed by atoms with Gasteiger partial charge in [-0.1, -0.05) is 0 Å². The van der Waals surface area contributed by atoms with Gasteiger partial charge >= 0.3 is 0 Å². The Morgan fingerprint density at radius 3 is 3.05 bits per heavy atom. The second kappa shape index (κ2) is 5.80. The summed E-state index contributed by atoms with van der Waals surface area (Å²) < 4.78 is 0. The zero-order valence-electron chi connectivity index (χ0n) is 11.2. The van der Waals surface area contributed by atoms with Gasteiger partial charge in [0.1, 0.15) is 0 Å². The summed E-state index contributed by atoms with van der Waals surface area (Å²) in [6.45, 7) is 5.56. The highest BCUT2D eigenvalue weighted by molar-refractivity contribution is 7.11. The SMILES string of the molecule is Cc1ccc(CN2CCC[C@H](c3cnccn3)C2)s1. The fraction of sp³-hybridized carbons (Fsp3) is 0.467. The van der Waals surface area contributed by atoms with Gasteiger partial charge in [0.15, 0.2) is 0 Å². The number of piperidine rings is 1. The van der Waals surface area contributed by atoms with Crippen LogP contribution < -0.4 is 0 Å². The minimum atomic E-state index is 0.545. The van der Waals surface area contributed by atoms with Gasteiger partial charge in [-0.3, -0.25) is 14.9 Å². The quantitative estimate of drug-likeness (QED) is 0.859. The van der Waals surface area contributed by atoms with Crippen LogP contribution in [0.15, 0.2) is 30.7 Å². The maximum absolute atomic E-state index is 4.46. The molecule has 0 aliphatic carbocycles. The Balaban J connectivity index is 1.65. The Kier molecular flexibility index (Phi) is 3.89. The molecule has 0 N–H and O–H groups in total. The van der Waals surface area contributed by atoms with Crippen molar-refractivity contribution in [1.82, 2.24) is 14.9 Å². The average molecular weight is 273 g/mol. The molecule has 19 heavy (non-hydrogen) atoms. The van der Waals surface area contributed by atoms with Gasteiger partial charge in [0.05, 0.1) is 5.69 Å². The molecule has 0 bridgehead atoms. The van der Waals surface area contributed by atoms with Crippen LogP contribution in [-0.4, -0.2) is 28.0 Å². The van der Waals surface area contributed by atoms with E-state index < -0.39 is 0 Å². The largest absolute Gasteiger partial charge is 0.298 e. The molecule has 0 spiro atoms. The number of likely N-dealkylation sites (tertiary alicyclic amines) is 1. The van der Waals surface area contributed by atoms with Crippen molar-refractivity contribution in [2.24, 2.45) is 0 Å². The number of rotatable bonds is 3. The molecule has 1 atom stereocenters. The Hall–Kier alpha value is -1.26. The molecular weight excluding hydrogens is 254 g/mol. The van der Waals surface area contributed by atoms with E-state index in [0.29, 0.717) is 5.92 Å². The molecule has 0 radical (unpaired) electrons. The lowest BCUT2D eigenvalue weighted by Crippen LogP contribution is -2.34. The van der Waals surface area contributed by atoms with E-state index in [1.165, 1.54) is 29.1 Å². The molecule has 0 unspecified atom stereocenters. The molecule has 3 nitrogen and oxygen atoms in total. The molecule has 0 saturated carbocycles. The third kappa shape index (κ3) is 3.19. The zero-order valence-corrected chi connectivity index (χ0v) is 12.1. The van der Waals surface area contributed by atoms with E-state index in [1.807, 2.05) is 17.5 Å². The molecule has 2 aromatic rings. The van der Waals surface area contributed by atoms with Crippen molar-refractivity contribution >= 4 is 11.3 Å². The Bertz CT molecular complexity index is 523. The predicted octanol–water partition coefficient (Wildman–Crippen LogP) is 3.23. The van der Waals surface area contributed by atoms with Crippen molar-refractivity contribution in [3.8, 4) is 0 Å². The number of aryl methyl sites for hydroxylation is 1. The summed E-state index contributed by atoms with van der Waals surface area (Å²) in [6.07, 6.45) is 7.96. The van der Waals surface area contributed by atoms with Crippen LogP contribution in [0.2, 0.25) is 0 Å². The third-order valence-corrected chi connectivity index (χ3v) is 4.67. The van der Waals surface area contributed by atoms with Crippen molar-refractivity contribution in [3.63, 3.8) is 0 Å². The molecule has 0 aromatic carbocycles. The van der Waals surface area contributed by atoms with E-state index in [0.717, 1.165) is 18.8 Å². The first kappa shape index (κ1) is 12.8. The Labute approximate surface area is 118 Å². The summed E-state index contributed by atoms with van der Waals surface area (Å²) in [6, 6.07) is 4.47. The van der Waals surface area contributed by atoms with E-state index in [1.54, 1.807) is 12.4 Å². The summed E-state index contributed by atoms with van der Waals surface area (Å²) in [5, 5.41) is 0. The Morgan fingerprint density at radius 2 is 2.32 bits per heavy atom. The molecule has 1 aliphatic rings. The number of hydrogen-bond donors (Lipinski definition) is 0. The van der Waals surface area contributed by atoms with E-state index in [4.69, 9.17) is 0 Å². The van der Waals surface area contributed by atoms with E-state index in [-0.39, 0.29) is 0 Å². The monoisotopic (exact) mass is 273 g/mol. The summed E-state index contributed by atoms with van der Waals surface area (Å²) in [5.41, 5.74) is 1.15. The van der Waals surface area contributed by atoms with Gasteiger partial charge in [-0.2, -0.15) is 0 Å². The van der Waals surface area contributed by atoms with Crippen molar-refractivity contribution < 1.29 is 0 Å². The van der Waals surface area contributed by atoms with Gasteiger partial charge in [-0.05, 0) is 38.4 Å². The van der Waals surface area contributed by atoms with Crippen LogP contribution >= 0.6 is 11.3 Å². The number of hydrogen-bond acceptors (Lipinski definition) is 4. The van der Waals surface area contributed by atoms with Crippen LogP contribution in [-0.2, 0) is 6.54 Å². The third-order valence-electron chi connectivity index (χ3n) is 3.68. The topological polar surface area (TPSA) is 29.0 Å². The molecule has 0 amide bonds. The van der Waals surface area contributed by atoms with Crippen LogP contribution in [0, 0.1) is 6.92 Å². The molecule has 1 saturated heterocycles. The van der Waals surface area contributed by atoms with Crippen LogP contribution in [0.1, 0.15) is 34.2 Å². The first-order valence-electron chi connectivity index (χ1n) is 6.85. The molecule has 1 aliphatic heterocycles. The van der Waals surface area contributed by atoms with Crippen molar-refractivity contribution in [2.75, 3.05) is 13.1 Å². The van der Waals surface area contributed by atoms with Gasteiger partial charge in [-0.15, -0.1) is 11.3 Å². The van der Waals surface area contributed by atoms with Crippen molar-refractivity contribution in [1.29, 1.82) is 0 Å². The molecular formula is C15H19N3S. The molecule has 3 heterocycles. The van der Waals surface area contributed by atoms with E-state index in [9.17, 15) is 0 Å². The van der Waals surface area contributed by atoms with E-state index >= 15 is 0 Å². The second-order valence-corrected chi connectivity index (χ2v) is 6.59. The highest BCUT2D eigenvalue weighted by Crippen LogP contribution is 2.27. The van der Waals surface area contributed by atoms with Gasteiger partial charge in [-0.25, -0.2) is 0 Å². The Morgan fingerprint density at radius 1 is 1.37 bits per heavy atom. The lowest BCUT2D eigenvalue weighted by atomic mass is 9.95. The highest BCUT2D eigenvalue weighted by atomic mass is 32.1. The van der Waals surface area contributed by atoms with Gasteiger partial charge in [0.2, 0.25) is 0 Å². The first-order valence-corrected chi connectivity index (χ1v) is 7.66. The lowest BCUT2D eigenvalue weighted by molar-refractivity contribution is 0.200. The standard InChI is InChI=1S/C15H19N3S/c1-12-4-5-14(19-12)11-18-8-2-3-13(10-18)15-9-16-6-7-17-15/h4-7,9,13H,2-3,8,10-11H2,1H3/t13-/m0/s1. The van der Waals surface area contributed by atoms with Gasteiger partial charge < -0.3 is 0 Å². The smallest absolute Gasteiger partial charge is 0.0630 e. The zero-order chi connectivity index (χ0) is 13.1. The number of thiophene rings is 1. The minimum absolute atomic E-state index is 0.545. The maximum Gasteiger partial charge on any atom is 0.0630 e. The normalized spacial score (nSPS) is 20.6. The minimum Gasteiger partial charge on any atom is -0.298 e. The summed E-state index contributed by atoms with van der Waals surface area (Å²) >= 11 is 1.91. The summed E-state index contributed by atoms with van der Waals surface area (Å²) in [7, 11) is 0. The molecule has 3 rings (SSSR count). The fourth-order valence-corrected chi connectivity index (χ4v) is 3.69. The van der Waals surface area contributed by atoms with Gasteiger partial charge in [0.25, 0.3) is 0 Å².